The number of carbonyl (C=O) groups excluding carboxylic acids is 4. The number of hydrogen-bond acceptors (Lipinski definition) is 9. The molecule has 9 heteroatoms. The highest BCUT2D eigenvalue weighted by Crippen LogP contribution is 2.36. The molecule has 242 valence electrons. The zero-order chi connectivity index (χ0) is 33.2. The smallest absolute Gasteiger partial charge is 0.459 e. The van der Waals surface area contributed by atoms with Crippen LogP contribution in [0, 0.1) is 17.8 Å². The highest BCUT2D eigenvalue weighted by molar-refractivity contribution is 5.92. The summed E-state index contributed by atoms with van der Waals surface area (Å²) in [6, 6.07) is 20.1. The molecule has 3 aromatic rings. The van der Waals surface area contributed by atoms with Gasteiger partial charge in [0.25, 0.3) is 0 Å². The summed E-state index contributed by atoms with van der Waals surface area (Å²) in [4.78, 5) is 48.8. The van der Waals surface area contributed by atoms with E-state index in [1.165, 1.54) is 37.6 Å². The summed E-state index contributed by atoms with van der Waals surface area (Å²) in [5, 5.41) is 0. The van der Waals surface area contributed by atoms with Gasteiger partial charge in [-0.2, -0.15) is 0 Å². The van der Waals surface area contributed by atoms with Gasteiger partial charge in [-0.3, -0.25) is 0 Å². The first-order chi connectivity index (χ1) is 22.0. The van der Waals surface area contributed by atoms with Gasteiger partial charge in [-0.05, 0) is 97.2 Å². The molecule has 0 amide bonds. The molecule has 3 unspecified atom stereocenters. The lowest BCUT2D eigenvalue weighted by Gasteiger charge is -2.36. The van der Waals surface area contributed by atoms with Crippen LogP contribution in [0.2, 0.25) is 0 Å². The third-order valence-electron chi connectivity index (χ3n) is 7.91. The van der Waals surface area contributed by atoms with Crippen molar-refractivity contribution in [1.82, 2.24) is 0 Å². The van der Waals surface area contributed by atoms with Crippen molar-refractivity contribution >= 4 is 24.1 Å². The SMILES string of the molecule is C=C(C)C(=O)OCCOC(=O)Oc1ccc(OC(=O)c2ccc(-c3ccc(C(=O)OC4CC(C)CCC4C(C)C)cc3)cc2)cc1. The van der Waals surface area contributed by atoms with Crippen LogP contribution < -0.4 is 9.47 Å². The van der Waals surface area contributed by atoms with Gasteiger partial charge in [-0.25, -0.2) is 19.2 Å². The summed E-state index contributed by atoms with van der Waals surface area (Å²) in [7, 11) is 0. The molecule has 4 rings (SSSR count). The van der Waals surface area contributed by atoms with E-state index in [9.17, 15) is 19.2 Å². The van der Waals surface area contributed by atoms with Crippen LogP contribution in [0.3, 0.4) is 0 Å². The lowest BCUT2D eigenvalue weighted by molar-refractivity contribution is -0.140. The Morgan fingerprint density at radius 1 is 0.739 bits per heavy atom. The highest BCUT2D eigenvalue weighted by atomic mass is 16.7. The van der Waals surface area contributed by atoms with Crippen LogP contribution in [0.5, 0.6) is 11.5 Å². The van der Waals surface area contributed by atoms with Crippen LogP contribution in [0.4, 0.5) is 4.79 Å². The Morgan fingerprint density at radius 3 is 1.80 bits per heavy atom. The summed E-state index contributed by atoms with van der Waals surface area (Å²) in [6.45, 7) is 11.3. The second-order valence-corrected chi connectivity index (χ2v) is 11.9. The zero-order valence-electron chi connectivity index (χ0n) is 26.7. The molecule has 1 fully saturated rings. The van der Waals surface area contributed by atoms with Crippen LogP contribution >= 0.6 is 0 Å². The molecule has 0 saturated heterocycles. The van der Waals surface area contributed by atoms with Crippen LogP contribution in [-0.4, -0.2) is 43.4 Å². The quantitative estimate of drug-likeness (QED) is 0.0523. The molecule has 9 nitrogen and oxygen atoms in total. The van der Waals surface area contributed by atoms with Gasteiger partial charge >= 0.3 is 24.1 Å². The monoisotopic (exact) mass is 628 g/mol. The maximum Gasteiger partial charge on any atom is 0.513 e. The normalized spacial score (nSPS) is 17.5. The Morgan fingerprint density at radius 2 is 1.26 bits per heavy atom. The van der Waals surface area contributed by atoms with Crippen LogP contribution in [0.1, 0.15) is 67.7 Å². The van der Waals surface area contributed by atoms with E-state index in [1.54, 1.807) is 24.3 Å². The van der Waals surface area contributed by atoms with Crippen LogP contribution in [0.25, 0.3) is 11.1 Å². The summed E-state index contributed by atoms with van der Waals surface area (Å²) in [5.41, 5.74) is 2.87. The van der Waals surface area contributed by atoms with Crippen LogP contribution in [0.15, 0.2) is 84.9 Å². The molecular weight excluding hydrogens is 588 g/mol. The molecule has 1 aliphatic rings. The van der Waals surface area contributed by atoms with Crippen molar-refractivity contribution < 1.29 is 42.9 Å². The van der Waals surface area contributed by atoms with E-state index in [0.717, 1.165) is 24.0 Å². The zero-order valence-corrected chi connectivity index (χ0v) is 26.7. The molecule has 0 radical (unpaired) electrons. The van der Waals surface area contributed by atoms with Gasteiger partial charge in [0.05, 0.1) is 11.1 Å². The van der Waals surface area contributed by atoms with E-state index < -0.39 is 18.1 Å². The molecular formula is C37H40O9. The van der Waals surface area contributed by atoms with Gasteiger partial charge in [-0.15, -0.1) is 0 Å². The van der Waals surface area contributed by atoms with E-state index in [4.69, 9.17) is 23.7 Å². The average Bonchev–Trinajstić information content (AvgIpc) is 3.04. The first-order valence-electron chi connectivity index (χ1n) is 15.4. The topological polar surface area (TPSA) is 114 Å². The lowest BCUT2D eigenvalue weighted by atomic mass is 9.75. The van der Waals surface area contributed by atoms with Crippen molar-refractivity contribution in [3.05, 3.63) is 96.1 Å². The molecule has 0 aliphatic heterocycles. The third-order valence-corrected chi connectivity index (χ3v) is 7.91. The number of hydrogen-bond donors (Lipinski definition) is 0. The number of carbonyl (C=O) groups is 4. The van der Waals surface area contributed by atoms with E-state index in [1.807, 2.05) is 24.3 Å². The maximum absolute atomic E-state index is 12.9. The van der Waals surface area contributed by atoms with Gasteiger partial charge in [0.15, 0.2) is 0 Å². The Kier molecular flexibility index (Phi) is 11.7. The molecule has 0 aromatic heterocycles. The van der Waals surface area contributed by atoms with Crippen LogP contribution in [-0.2, 0) is 19.0 Å². The molecule has 1 aliphatic carbocycles. The number of esters is 3. The first-order valence-corrected chi connectivity index (χ1v) is 15.4. The average molecular weight is 629 g/mol. The maximum atomic E-state index is 12.9. The minimum Gasteiger partial charge on any atom is -0.459 e. The Balaban J connectivity index is 1.26. The second kappa shape index (κ2) is 15.9. The number of benzene rings is 3. The van der Waals surface area contributed by atoms with Crippen molar-refractivity contribution in [3.8, 4) is 22.6 Å². The summed E-state index contributed by atoms with van der Waals surface area (Å²) in [5.74, 6) is 0.395. The first kappa shape index (κ1) is 34.0. The van der Waals surface area contributed by atoms with Crippen molar-refractivity contribution in [2.24, 2.45) is 17.8 Å². The predicted octanol–water partition coefficient (Wildman–Crippen LogP) is 7.83. The van der Waals surface area contributed by atoms with Gasteiger partial charge in [0, 0.05) is 5.57 Å². The molecule has 3 atom stereocenters. The Bertz CT molecular complexity index is 1520. The largest absolute Gasteiger partial charge is 0.513 e. The van der Waals surface area contributed by atoms with E-state index in [-0.39, 0.29) is 42.4 Å². The minimum absolute atomic E-state index is 0.0592. The summed E-state index contributed by atoms with van der Waals surface area (Å²) in [6.07, 6.45) is 2.12. The molecule has 0 heterocycles. The molecule has 0 N–H and O–H groups in total. The Labute approximate surface area is 269 Å². The van der Waals surface area contributed by atoms with E-state index >= 15 is 0 Å². The Hall–Kier alpha value is -4.92. The molecule has 3 aromatic carbocycles. The third kappa shape index (κ3) is 9.54. The summed E-state index contributed by atoms with van der Waals surface area (Å²) >= 11 is 0. The van der Waals surface area contributed by atoms with Gasteiger partial charge in [0.1, 0.15) is 30.8 Å². The van der Waals surface area contributed by atoms with Gasteiger partial charge in [-0.1, -0.05) is 58.0 Å². The van der Waals surface area contributed by atoms with Gasteiger partial charge < -0.3 is 23.7 Å². The fourth-order valence-corrected chi connectivity index (χ4v) is 5.30. The summed E-state index contributed by atoms with van der Waals surface area (Å²) < 4.78 is 26.2. The molecule has 0 spiro atoms. The lowest BCUT2D eigenvalue weighted by Crippen LogP contribution is -2.35. The van der Waals surface area contributed by atoms with Crippen molar-refractivity contribution in [3.63, 3.8) is 0 Å². The molecule has 0 bridgehead atoms. The number of rotatable bonds is 11. The molecule has 1 saturated carbocycles. The fourth-order valence-electron chi connectivity index (χ4n) is 5.30. The number of ether oxygens (including phenoxy) is 5. The highest BCUT2D eigenvalue weighted by Gasteiger charge is 2.33. The van der Waals surface area contributed by atoms with E-state index in [2.05, 4.69) is 27.4 Å². The standard InChI is InChI=1S/C37H40O9/c1-23(2)32-19-6-25(5)22-33(32)46-36(40)29-13-9-27(10-14-29)26-7-11-28(12-8-26)35(39)44-30-15-17-31(18-16-30)45-37(41)43-21-20-42-34(38)24(3)4/h7-18,23,25,32-33H,3,6,19-22H2,1-2,4-5H3. The predicted molar refractivity (Wildman–Crippen MR) is 172 cm³/mol. The van der Waals surface area contributed by atoms with Gasteiger partial charge in [0.2, 0.25) is 0 Å². The fraction of sp³-hybridized carbons (Fsp3) is 0.351. The second-order valence-electron chi connectivity index (χ2n) is 11.9. The van der Waals surface area contributed by atoms with Crippen molar-refractivity contribution in [2.75, 3.05) is 13.2 Å². The van der Waals surface area contributed by atoms with Crippen molar-refractivity contribution in [1.29, 1.82) is 0 Å². The van der Waals surface area contributed by atoms with Crippen molar-refractivity contribution in [2.45, 2.75) is 53.1 Å². The van der Waals surface area contributed by atoms with E-state index in [0.29, 0.717) is 28.9 Å². The molecule has 46 heavy (non-hydrogen) atoms. The minimum atomic E-state index is -0.973.